The first-order chi connectivity index (χ1) is 8.24. The van der Waals surface area contributed by atoms with Gasteiger partial charge in [0.25, 0.3) is 0 Å². The molecule has 86 valence electrons. The summed E-state index contributed by atoms with van der Waals surface area (Å²) in [6.45, 7) is 3.75. The van der Waals surface area contributed by atoms with Crippen molar-refractivity contribution < 1.29 is 0 Å². The molecule has 0 saturated carbocycles. The molecule has 0 aliphatic carbocycles. The van der Waals surface area contributed by atoms with E-state index in [1.165, 1.54) is 5.56 Å². The SMILES string of the molecule is Cc1cccc(-c2cc(=N)n3c(n2)NCC3)c1. The minimum atomic E-state index is 0.511. The average Bonchev–Trinajstić information content (AvgIpc) is 2.77. The summed E-state index contributed by atoms with van der Waals surface area (Å²) in [4.78, 5) is 4.56. The first-order valence-electron chi connectivity index (χ1n) is 5.71. The smallest absolute Gasteiger partial charge is 0.205 e. The molecule has 1 aromatic heterocycles. The van der Waals surface area contributed by atoms with Crippen LogP contribution in [0, 0.1) is 12.3 Å². The summed E-state index contributed by atoms with van der Waals surface area (Å²) in [5.74, 6) is 0.800. The van der Waals surface area contributed by atoms with E-state index in [9.17, 15) is 0 Å². The Labute approximate surface area is 99.5 Å². The van der Waals surface area contributed by atoms with Gasteiger partial charge in [-0.1, -0.05) is 23.8 Å². The molecule has 1 aromatic carbocycles. The summed E-state index contributed by atoms with van der Waals surface area (Å²) in [5, 5.41) is 11.2. The topological polar surface area (TPSA) is 53.7 Å². The maximum absolute atomic E-state index is 7.98. The van der Waals surface area contributed by atoms with Gasteiger partial charge in [0, 0.05) is 24.7 Å². The fraction of sp³-hybridized carbons (Fsp3) is 0.231. The van der Waals surface area contributed by atoms with Crippen molar-refractivity contribution >= 4 is 5.95 Å². The summed E-state index contributed by atoms with van der Waals surface area (Å²) >= 11 is 0. The second-order valence-electron chi connectivity index (χ2n) is 4.30. The third kappa shape index (κ3) is 1.71. The molecule has 4 heteroatoms. The van der Waals surface area contributed by atoms with Crippen LogP contribution in [0.4, 0.5) is 5.95 Å². The Morgan fingerprint density at radius 1 is 1.35 bits per heavy atom. The molecular formula is C13H14N4. The third-order valence-corrected chi connectivity index (χ3v) is 2.98. The predicted octanol–water partition coefficient (Wildman–Crippen LogP) is 1.76. The maximum Gasteiger partial charge on any atom is 0.205 e. The maximum atomic E-state index is 7.98. The molecule has 4 nitrogen and oxygen atoms in total. The van der Waals surface area contributed by atoms with E-state index >= 15 is 0 Å². The first kappa shape index (κ1) is 10.1. The predicted molar refractivity (Wildman–Crippen MR) is 66.7 cm³/mol. The minimum absolute atomic E-state index is 0.511. The van der Waals surface area contributed by atoms with Crippen molar-refractivity contribution in [3.63, 3.8) is 0 Å². The lowest BCUT2D eigenvalue weighted by molar-refractivity contribution is 0.735. The van der Waals surface area contributed by atoms with Crippen molar-refractivity contribution in [1.82, 2.24) is 9.55 Å². The molecule has 17 heavy (non-hydrogen) atoms. The van der Waals surface area contributed by atoms with Crippen molar-refractivity contribution in [1.29, 1.82) is 5.41 Å². The van der Waals surface area contributed by atoms with Gasteiger partial charge in [-0.15, -0.1) is 0 Å². The van der Waals surface area contributed by atoms with Crippen molar-refractivity contribution in [3.05, 3.63) is 41.4 Å². The highest BCUT2D eigenvalue weighted by Gasteiger charge is 2.12. The number of anilines is 1. The molecule has 0 unspecified atom stereocenters. The van der Waals surface area contributed by atoms with Crippen LogP contribution in [-0.4, -0.2) is 16.1 Å². The number of aryl methyl sites for hydroxylation is 1. The highest BCUT2D eigenvalue weighted by Crippen LogP contribution is 2.19. The Hall–Kier alpha value is -2.10. The molecule has 2 aromatic rings. The lowest BCUT2D eigenvalue weighted by atomic mass is 10.1. The van der Waals surface area contributed by atoms with Crippen molar-refractivity contribution in [2.24, 2.45) is 0 Å². The molecule has 0 amide bonds. The molecule has 0 fully saturated rings. The number of rotatable bonds is 1. The number of fused-ring (bicyclic) bond motifs is 1. The van der Waals surface area contributed by atoms with E-state index in [-0.39, 0.29) is 0 Å². The largest absolute Gasteiger partial charge is 0.354 e. The van der Waals surface area contributed by atoms with Gasteiger partial charge in [-0.05, 0) is 13.0 Å². The van der Waals surface area contributed by atoms with Crippen molar-refractivity contribution in [2.45, 2.75) is 13.5 Å². The summed E-state index contributed by atoms with van der Waals surface area (Å²) in [5.41, 5.74) is 3.64. The highest BCUT2D eigenvalue weighted by molar-refractivity contribution is 5.61. The fourth-order valence-corrected chi connectivity index (χ4v) is 2.12. The lowest BCUT2D eigenvalue weighted by Crippen LogP contribution is -2.18. The number of nitrogens with one attached hydrogen (secondary N) is 2. The highest BCUT2D eigenvalue weighted by atomic mass is 15.2. The number of benzene rings is 1. The van der Waals surface area contributed by atoms with Crippen LogP contribution in [0.15, 0.2) is 30.3 Å². The van der Waals surface area contributed by atoms with Crippen LogP contribution in [0.25, 0.3) is 11.3 Å². The molecule has 2 N–H and O–H groups in total. The molecule has 2 heterocycles. The normalized spacial score (nSPS) is 13.2. The lowest BCUT2D eigenvalue weighted by Gasteiger charge is -2.07. The standard InChI is InChI=1S/C13H14N4/c1-9-3-2-4-10(7-9)11-8-12(14)17-6-5-15-13(17)16-11/h2-4,7-8,14H,5-6H2,1H3,(H,15,16). The Balaban J connectivity index is 2.16. The van der Waals surface area contributed by atoms with Gasteiger partial charge in [0.05, 0.1) is 5.69 Å². The summed E-state index contributed by atoms with van der Waals surface area (Å²) in [7, 11) is 0. The van der Waals surface area contributed by atoms with Gasteiger partial charge in [0.1, 0.15) is 5.49 Å². The van der Waals surface area contributed by atoms with Crippen molar-refractivity contribution in [3.8, 4) is 11.3 Å². The van der Waals surface area contributed by atoms with Crippen LogP contribution in [0.5, 0.6) is 0 Å². The number of nitrogens with zero attached hydrogens (tertiary/aromatic N) is 2. The van der Waals surface area contributed by atoms with Crippen LogP contribution in [0.3, 0.4) is 0 Å². The zero-order valence-corrected chi connectivity index (χ0v) is 9.70. The number of aromatic nitrogens is 2. The van der Waals surface area contributed by atoms with Gasteiger partial charge in [0.15, 0.2) is 0 Å². The molecule has 0 bridgehead atoms. The van der Waals surface area contributed by atoms with Crippen LogP contribution in [-0.2, 0) is 6.54 Å². The molecule has 1 aliphatic heterocycles. The van der Waals surface area contributed by atoms with E-state index < -0.39 is 0 Å². The van der Waals surface area contributed by atoms with E-state index in [4.69, 9.17) is 5.41 Å². The Morgan fingerprint density at radius 2 is 2.24 bits per heavy atom. The van der Waals surface area contributed by atoms with Crippen molar-refractivity contribution in [2.75, 3.05) is 11.9 Å². The summed E-state index contributed by atoms with van der Waals surface area (Å²) in [6, 6.07) is 10.0. The Kier molecular flexibility index (Phi) is 2.21. The zero-order valence-electron chi connectivity index (χ0n) is 9.70. The van der Waals surface area contributed by atoms with Gasteiger partial charge in [-0.2, -0.15) is 0 Å². The van der Waals surface area contributed by atoms with Gasteiger partial charge in [-0.3, -0.25) is 9.98 Å². The second-order valence-corrected chi connectivity index (χ2v) is 4.30. The molecule has 0 spiro atoms. The van der Waals surface area contributed by atoms with E-state index in [1.54, 1.807) is 0 Å². The Bertz CT molecular complexity index is 628. The summed E-state index contributed by atoms with van der Waals surface area (Å²) in [6.07, 6.45) is 0. The number of hydrogen-bond acceptors (Lipinski definition) is 3. The molecule has 0 saturated heterocycles. The van der Waals surface area contributed by atoms with Crippen LogP contribution < -0.4 is 10.8 Å². The van der Waals surface area contributed by atoms with Gasteiger partial charge >= 0.3 is 0 Å². The zero-order chi connectivity index (χ0) is 11.8. The molecule has 0 radical (unpaired) electrons. The fourth-order valence-electron chi connectivity index (χ4n) is 2.12. The summed E-state index contributed by atoms with van der Waals surface area (Å²) < 4.78 is 1.89. The minimum Gasteiger partial charge on any atom is -0.354 e. The quantitative estimate of drug-likeness (QED) is 0.778. The van der Waals surface area contributed by atoms with E-state index in [1.807, 2.05) is 22.8 Å². The molecule has 0 atom stereocenters. The first-order valence-corrected chi connectivity index (χ1v) is 5.71. The number of hydrogen-bond donors (Lipinski definition) is 2. The van der Waals surface area contributed by atoms with Gasteiger partial charge < -0.3 is 5.32 Å². The molecule has 3 rings (SSSR count). The third-order valence-electron chi connectivity index (χ3n) is 2.98. The molecule has 1 aliphatic rings. The van der Waals surface area contributed by atoms with Crippen LogP contribution >= 0.6 is 0 Å². The van der Waals surface area contributed by atoms with E-state index in [0.29, 0.717) is 5.49 Å². The van der Waals surface area contributed by atoms with E-state index in [2.05, 4.69) is 29.4 Å². The Morgan fingerprint density at radius 3 is 3.06 bits per heavy atom. The van der Waals surface area contributed by atoms with Gasteiger partial charge in [0.2, 0.25) is 5.95 Å². The van der Waals surface area contributed by atoms with Crippen LogP contribution in [0.2, 0.25) is 0 Å². The average molecular weight is 226 g/mol. The van der Waals surface area contributed by atoms with E-state index in [0.717, 1.165) is 30.3 Å². The van der Waals surface area contributed by atoms with Gasteiger partial charge in [-0.25, -0.2) is 4.98 Å². The second kappa shape index (κ2) is 3.73. The van der Waals surface area contributed by atoms with Crippen LogP contribution in [0.1, 0.15) is 5.56 Å². The monoisotopic (exact) mass is 226 g/mol. The molecular weight excluding hydrogens is 212 g/mol.